The zero-order valence-corrected chi connectivity index (χ0v) is 17.1. The topological polar surface area (TPSA) is 64.6 Å². The van der Waals surface area contributed by atoms with Gasteiger partial charge in [-0.05, 0) is 63.1 Å². The molecule has 0 saturated carbocycles. The minimum atomic E-state index is -0.698. The normalized spacial score (nSPS) is 11.6. The van der Waals surface area contributed by atoms with Crippen LogP contribution in [0, 0.1) is 13.8 Å². The van der Waals surface area contributed by atoms with Crippen LogP contribution in [0.5, 0.6) is 5.75 Å². The van der Waals surface area contributed by atoms with Crippen LogP contribution in [0.4, 0.5) is 5.69 Å². The number of anilines is 1. The number of benzene rings is 2. The molecule has 2 aromatic carbocycles. The number of carbonyl (C=O) groups is 2. The van der Waals surface area contributed by atoms with Crippen LogP contribution in [0.1, 0.15) is 54.6 Å². The van der Waals surface area contributed by atoms with E-state index in [0.717, 1.165) is 36.1 Å². The van der Waals surface area contributed by atoms with Crippen molar-refractivity contribution in [3.8, 4) is 5.75 Å². The van der Waals surface area contributed by atoms with Gasteiger partial charge in [0, 0.05) is 11.3 Å². The van der Waals surface area contributed by atoms with Crippen LogP contribution < -0.4 is 10.1 Å². The maximum atomic E-state index is 12.4. The van der Waals surface area contributed by atoms with Gasteiger partial charge in [-0.2, -0.15) is 0 Å². The Bertz CT molecular complexity index is 799. The summed E-state index contributed by atoms with van der Waals surface area (Å²) in [7, 11) is 0. The maximum absolute atomic E-state index is 12.4. The Labute approximate surface area is 167 Å². The van der Waals surface area contributed by atoms with E-state index >= 15 is 0 Å². The summed E-state index contributed by atoms with van der Waals surface area (Å²) in [6.07, 6.45) is 2.27. The van der Waals surface area contributed by atoms with Crippen LogP contribution in [0.25, 0.3) is 0 Å². The molecule has 150 valence electrons. The molecule has 0 spiro atoms. The standard InChI is InChI=1S/C23H29NO4/c1-5-6-7-14-27-23(26)18(4)28-20-11-9-19(10-12-20)22(25)24-21-13-8-16(2)15-17(21)3/h8-13,15,18H,5-7,14H2,1-4H3,(H,24,25)/t18-/m1/s1. The molecule has 5 heteroatoms. The largest absolute Gasteiger partial charge is 0.479 e. The van der Waals surface area contributed by atoms with Gasteiger partial charge < -0.3 is 14.8 Å². The third kappa shape index (κ3) is 6.41. The van der Waals surface area contributed by atoms with Crippen molar-refractivity contribution in [2.75, 3.05) is 11.9 Å². The van der Waals surface area contributed by atoms with Crippen LogP contribution in [-0.2, 0) is 9.53 Å². The first-order valence-electron chi connectivity index (χ1n) is 9.72. The number of rotatable bonds is 9. The lowest BCUT2D eigenvalue weighted by molar-refractivity contribution is -0.151. The van der Waals surface area contributed by atoms with Gasteiger partial charge >= 0.3 is 5.97 Å². The third-order valence-corrected chi connectivity index (χ3v) is 4.38. The molecule has 0 radical (unpaired) electrons. The predicted octanol–water partition coefficient (Wildman–Crippen LogP) is 5.06. The van der Waals surface area contributed by atoms with Crippen molar-refractivity contribution in [1.29, 1.82) is 0 Å². The molecule has 28 heavy (non-hydrogen) atoms. The molecule has 0 bridgehead atoms. The first-order valence-corrected chi connectivity index (χ1v) is 9.72. The summed E-state index contributed by atoms with van der Waals surface area (Å²) in [4.78, 5) is 24.4. The molecule has 0 saturated heterocycles. The van der Waals surface area contributed by atoms with E-state index in [9.17, 15) is 9.59 Å². The van der Waals surface area contributed by atoms with Crippen molar-refractivity contribution in [2.45, 2.75) is 53.1 Å². The molecule has 1 N–H and O–H groups in total. The smallest absolute Gasteiger partial charge is 0.347 e. The average Bonchev–Trinajstić information content (AvgIpc) is 2.67. The van der Waals surface area contributed by atoms with E-state index < -0.39 is 6.10 Å². The molecule has 1 atom stereocenters. The van der Waals surface area contributed by atoms with Gasteiger partial charge in [-0.15, -0.1) is 0 Å². The number of amides is 1. The SMILES string of the molecule is CCCCCOC(=O)[C@@H](C)Oc1ccc(C(=O)Nc2ccc(C)cc2C)cc1. The Balaban J connectivity index is 1.89. The Hall–Kier alpha value is -2.82. The summed E-state index contributed by atoms with van der Waals surface area (Å²) in [6.45, 7) is 8.14. The molecule has 0 unspecified atom stereocenters. The van der Waals surface area contributed by atoms with Gasteiger partial charge in [0.15, 0.2) is 6.10 Å². The number of carbonyl (C=O) groups excluding carboxylic acids is 2. The van der Waals surface area contributed by atoms with Gasteiger partial charge in [-0.1, -0.05) is 37.5 Å². The van der Waals surface area contributed by atoms with Crippen LogP contribution in [-0.4, -0.2) is 24.6 Å². The monoisotopic (exact) mass is 383 g/mol. The molecular weight excluding hydrogens is 354 g/mol. The van der Waals surface area contributed by atoms with E-state index in [-0.39, 0.29) is 11.9 Å². The summed E-state index contributed by atoms with van der Waals surface area (Å²) >= 11 is 0. The van der Waals surface area contributed by atoms with E-state index in [4.69, 9.17) is 9.47 Å². The Kier molecular flexibility index (Phi) is 8.05. The van der Waals surface area contributed by atoms with E-state index in [0.29, 0.717) is 17.9 Å². The van der Waals surface area contributed by atoms with Crippen LogP contribution in [0.15, 0.2) is 42.5 Å². The zero-order valence-electron chi connectivity index (χ0n) is 17.1. The van der Waals surface area contributed by atoms with Crippen molar-refractivity contribution >= 4 is 17.6 Å². The summed E-state index contributed by atoms with van der Waals surface area (Å²) in [5, 5.41) is 2.91. The summed E-state index contributed by atoms with van der Waals surface area (Å²) in [5.74, 6) is -0.0595. The minimum Gasteiger partial charge on any atom is -0.479 e. The van der Waals surface area contributed by atoms with Gasteiger partial charge in [0.05, 0.1) is 6.61 Å². The Morgan fingerprint density at radius 1 is 1.04 bits per heavy atom. The molecule has 0 fully saturated rings. The molecule has 0 aliphatic carbocycles. The first kappa shape index (κ1) is 21.5. The second-order valence-corrected chi connectivity index (χ2v) is 6.93. The lowest BCUT2D eigenvalue weighted by Crippen LogP contribution is -2.26. The molecule has 0 aliphatic rings. The number of unbranched alkanes of at least 4 members (excludes halogenated alkanes) is 2. The quantitative estimate of drug-likeness (QED) is 0.486. The lowest BCUT2D eigenvalue weighted by Gasteiger charge is -2.14. The van der Waals surface area contributed by atoms with Crippen molar-refractivity contribution < 1.29 is 19.1 Å². The number of ether oxygens (including phenoxy) is 2. The van der Waals surface area contributed by atoms with Gasteiger partial charge in [0.2, 0.25) is 0 Å². The van der Waals surface area contributed by atoms with Gasteiger partial charge in [-0.3, -0.25) is 4.79 Å². The number of nitrogens with one attached hydrogen (secondary N) is 1. The Morgan fingerprint density at radius 3 is 2.39 bits per heavy atom. The molecule has 2 rings (SSSR count). The molecular formula is C23H29NO4. The van der Waals surface area contributed by atoms with Crippen molar-refractivity contribution in [3.05, 3.63) is 59.2 Å². The first-order chi connectivity index (χ1) is 13.4. The molecule has 2 aromatic rings. The van der Waals surface area contributed by atoms with Crippen molar-refractivity contribution in [3.63, 3.8) is 0 Å². The number of esters is 1. The highest BCUT2D eigenvalue weighted by molar-refractivity contribution is 6.04. The van der Waals surface area contributed by atoms with Crippen LogP contribution >= 0.6 is 0 Å². The zero-order chi connectivity index (χ0) is 20.5. The Morgan fingerprint density at radius 2 is 1.75 bits per heavy atom. The fourth-order valence-electron chi connectivity index (χ4n) is 2.73. The summed E-state index contributed by atoms with van der Waals surface area (Å²) in [5.41, 5.74) is 3.46. The number of hydrogen-bond acceptors (Lipinski definition) is 4. The van der Waals surface area contributed by atoms with Crippen molar-refractivity contribution in [1.82, 2.24) is 0 Å². The minimum absolute atomic E-state index is 0.193. The number of hydrogen-bond donors (Lipinski definition) is 1. The third-order valence-electron chi connectivity index (χ3n) is 4.38. The average molecular weight is 383 g/mol. The fraction of sp³-hybridized carbons (Fsp3) is 0.391. The summed E-state index contributed by atoms with van der Waals surface area (Å²) < 4.78 is 10.8. The fourth-order valence-corrected chi connectivity index (χ4v) is 2.73. The molecule has 0 aromatic heterocycles. The summed E-state index contributed by atoms with van der Waals surface area (Å²) in [6, 6.07) is 12.6. The van der Waals surface area contributed by atoms with E-state index in [2.05, 4.69) is 12.2 Å². The number of aryl methyl sites for hydroxylation is 2. The van der Waals surface area contributed by atoms with Gasteiger partial charge in [0.25, 0.3) is 5.91 Å². The molecule has 0 aliphatic heterocycles. The highest BCUT2D eigenvalue weighted by atomic mass is 16.6. The lowest BCUT2D eigenvalue weighted by atomic mass is 10.1. The van der Waals surface area contributed by atoms with Gasteiger partial charge in [-0.25, -0.2) is 4.79 Å². The highest BCUT2D eigenvalue weighted by Gasteiger charge is 2.16. The van der Waals surface area contributed by atoms with E-state index in [1.54, 1.807) is 31.2 Å². The van der Waals surface area contributed by atoms with Crippen LogP contribution in [0.3, 0.4) is 0 Å². The second-order valence-electron chi connectivity index (χ2n) is 6.93. The van der Waals surface area contributed by atoms with E-state index in [1.165, 1.54) is 0 Å². The van der Waals surface area contributed by atoms with Crippen LogP contribution in [0.2, 0.25) is 0 Å². The predicted molar refractivity (Wildman–Crippen MR) is 111 cm³/mol. The van der Waals surface area contributed by atoms with Gasteiger partial charge in [0.1, 0.15) is 5.75 Å². The molecule has 5 nitrogen and oxygen atoms in total. The van der Waals surface area contributed by atoms with E-state index in [1.807, 2.05) is 32.0 Å². The van der Waals surface area contributed by atoms with Crippen molar-refractivity contribution in [2.24, 2.45) is 0 Å². The maximum Gasteiger partial charge on any atom is 0.347 e. The highest BCUT2D eigenvalue weighted by Crippen LogP contribution is 2.19. The molecule has 0 heterocycles. The molecule has 1 amide bonds. The second kappa shape index (κ2) is 10.5.